The lowest BCUT2D eigenvalue weighted by molar-refractivity contribution is 0.247. The third-order valence-corrected chi connectivity index (χ3v) is 5.56. The van der Waals surface area contributed by atoms with Gasteiger partial charge in [-0.25, -0.2) is 8.42 Å². The Balaban J connectivity index is 2.34. The van der Waals surface area contributed by atoms with Crippen molar-refractivity contribution in [2.24, 2.45) is 5.73 Å². The van der Waals surface area contributed by atoms with Gasteiger partial charge < -0.3 is 10.2 Å². The first-order valence-corrected chi connectivity index (χ1v) is 7.61. The summed E-state index contributed by atoms with van der Waals surface area (Å²) < 4.78 is 32.0. The second-order valence-electron chi connectivity index (χ2n) is 5.03. The van der Waals surface area contributed by atoms with Gasteiger partial charge in [0.25, 0.3) is 0 Å². The monoisotopic (exact) mass is 272 g/mol. The van der Waals surface area contributed by atoms with Crippen LogP contribution in [0, 0.1) is 13.8 Å². The van der Waals surface area contributed by atoms with E-state index in [0.29, 0.717) is 30.9 Å². The zero-order valence-electron chi connectivity index (χ0n) is 11.0. The molecule has 1 aliphatic heterocycles. The summed E-state index contributed by atoms with van der Waals surface area (Å²) in [6.45, 7) is 5.81. The first-order chi connectivity index (χ1) is 8.32. The normalized spacial score (nSPS) is 26.4. The van der Waals surface area contributed by atoms with Crippen molar-refractivity contribution in [1.29, 1.82) is 0 Å². The third-order valence-electron chi connectivity index (χ3n) is 3.44. The number of aryl methyl sites for hydroxylation is 2. The van der Waals surface area contributed by atoms with Crippen molar-refractivity contribution in [3.8, 4) is 0 Å². The highest BCUT2D eigenvalue weighted by Crippen LogP contribution is 2.28. The van der Waals surface area contributed by atoms with Crippen molar-refractivity contribution in [1.82, 2.24) is 4.31 Å². The van der Waals surface area contributed by atoms with E-state index < -0.39 is 10.0 Å². The van der Waals surface area contributed by atoms with Gasteiger partial charge in [-0.05, 0) is 39.7 Å². The molecule has 0 unspecified atom stereocenters. The fourth-order valence-electron chi connectivity index (χ4n) is 2.53. The summed E-state index contributed by atoms with van der Waals surface area (Å²) in [6, 6.07) is 1.62. The fourth-order valence-corrected chi connectivity index (χ4v) is 4.41. The smallest absolute Gasteiger partial charge is 0.246 e. The number of nitrogens with zero attached hydrogens (tertiary/aromatic N) is 1. The molecule has 2 rings (SSSR count). The summed E-state index contributed by atoms with van der Waals surface area (Å²) in [5.41, 5.74) is 5.86. The van der Waals surface area contributed by atoms with Crippen LogP contribution in [0.4, 0.5) is 0 Å². The molecule has 1 saturated heterocycles. The molecule has 2 atom stereocenters. The molecule has 5 nitrogen and oxygen atoms in total. The molecule has 6 heteroatoms. The Hall–Kier alpha value is -0.850. The highest BCUT2D eigenvalue weighted by Gasteiger charge is 2.35. The van der Waals surface area contributed by atoms with Crippen molar-refractivity contribution in [3.05, 3.63) is 17.6 Å². The Morgan fingerprint density at radius 1 is 1.44 bits per heavy atom. The topological polar surface area (TPSA) is 76.5 Å². The highest BCUT2D eigenvalue weighted by molar-refractivity contribution is 7.89. The molecule has 1 aromatic rings. The minimum atomic E-state index is -3.46. The first-order valence-electron chi connectivity index (χ1n) is 6.17. The molecule has 102 valence electrons. The maximum atomic E-state index is 12.6. The van der Waals surface area contributed by atoms with Crippen LogP contribution in [0.3, 0.4) is 0 Å². The Labute approximate surface area is 108 Å². The third kappa shape index (κ3) is 2.32. The van der Waals surface area contributed by atoms with Crippen LogP contribution in [0.1, 0.15) is 31.3 Å². The largest absolute Gasteiger partial charge is 0.465 e. The van der Waals surface area contributed by atoms with Gasteiger partial charge in [0.05, 0.1) is 0 Å². The van der Waals surface area contributed by atoms with Gasteiger partial charge in [-0.15, -0.1) is 0 Å². The van der Waals surface area contributed by atoms with E-state index in [0.717, 1.165) is 0 Å². The Morgan fingerprint density at radius 3 is 2.61 bits per heavy atom. The molecule has 0 bridgehead atoms. The number of hydrogen-bond donors (Lipinski definition) is 1. The number of rotatable bonds is 2. The van der Waals surface area contributed by atoms with Crippen molar-refractivity contribution in [2.75, 3.05) is 6.54 Å². The molecule has 1 aromatic heterocycles. The zero-order valence-corrected chi connectivity index (χ0v) is 11.8. The van der Waals surface area contributed by atoms with Crippen LogP contribution in [0.5, 0.6) is 0 Å². The summed E-state index contributed by atoms with van der Waals surface area (Å²) >= 11 is 0. The number of sulfonamides is 1. The fraction of sp³-hybridized carbons (Fsp3) is 0.667. The predicted molar refractivity (Wildman–Crippen MR) is 68.7 cm³/mol. The first kappa shape index (κ1) is 13.6. The van der Waals surface area contributed by atoms with Crippen LogP contribution in [-0.2, 0) is 10.0 Å². The Morgan fingerprint density at radius 2 is 2.11 bits per heavy atom. The molecule has 0 spiro atoms. The summed E-state index contributed by atoms with van der Waals surface area (Å²) in [5.74, 6) is 1.07. The molecular formula is C12H20N2O3S. The number of piperidine rings is 1. The summed E-state index contributed by atoms with van der Waals surface area (Å²) in [4.78, 5) is 0.280. The maximum Gasteiger partial charge on any atom is 0.246 e. The molecule has 0 aliphatic carbocycles. The molecule has 1 aliphatic rings. The van der Waals surface area contributed by atoms with E-state index >= 15 is 0 Å². The van der Waals surface area contributed by atoms with E-state index in [2.05, 4.69) is 0 Å². The number of hydrogen-bond acceptors (Lipinski definition) is 4. The summed E-state index contributed by atoms with van der Waals surface area (Å²) in [6.07, 6.45) is 1.41. The van der Waals surface area contributed by atoms with Crippen LogP contribution in [0.25, 0.3) is 0 Å². The molecule has 18 heavy (non-hydrogen) atoms. The Kier molecular flexibility index (Phi) is 3.53. The predicted octanol–water partition coefficient (Wildman–Crippen LogP) is 1.40. The van der Waals surface area contributed by atoms with Gasteiger partial charge in [0, 0.05) is 18.6 Å². The molecule has 2 N–H and O–H groups in total. The lowest BCUT2D eigenvalue weighted by Gasteiger charge is -2.35. The minimum Gasteiger partial charge on any atom is -0.465 e. The Bertz CT molecular complexity index is 536. The quantitative estimate of drug-likeness (QED) is 0.882. The average Bonchev–Trinajstić information content (AvgIpc) is 2.57. The summed E-state index contributed by atoms with van der Waals surface area (Å²) in [5, 5.41) is 0. The lowest BCUT2D eigenvalue weighted by Crippen LogP contribution is -2.48. The van der Waals surface area contributed by atoms with Gasteiger partial charge in [-0.3, -0.25) is 0 Å². The number of furan rings is 1. The van der Waals surface area contributed by atoms with Gasteiger partial charge in [0.1, 0.15) is 16.4 Å². The van der Waals surface area contributed by atoms with Crippen molar-refractivity contribution < 1.29 is 12.8 Å². The van der Waals surface area contributed by atoms with Gasteiger partial charge in [-0.1, -0.05) is 0 Å². The van der Waals surface area contributed by atoms with Gasteiger partial charge >= 0.3 is 0 Å². The van der Waals surface area contributed by atoms with Crippen molar-refractivity contribution in [3.63, 3.8) is 0 Å². The van der Waals surface area contributed by atoms with Gasteiger partial charge in [0.2, 0.25) is 10.0 Å². The van der Waals surface area contributed by atoms with Crippen LogP contribution in [0.15, 0.2) is 15.4 Å². The summed E-state index contributed by atoms with van der Waals surface area (Å²) in [7, 11) is -3.46. The molecule has 0 radical (unpaired) electrons. The lowest BCUT2D eigenvalue weighted by atomic mass is 10.0. The van der Waals surface area contributed by atoms with E-state index in [4.69, 9.17) is 10.2 Å². The van der Waals surface area contributed by atoms with E-state index in [1.807, 2.05) is 6.92 Å². The van der Waals surface area contributed by atoms with E-state index in [9.17, 15) is 8.42 Å². The van der Waals surface area contributed by atoms with Crippen LogP contribution in [-0.4, -0.2) is 31.4 Å². The molecule has 0 amide bonds. The molecule has 2 heterocycles. The van der Waals surface area contributed by atoms with Crippen LogP contribution < -0.4 is 5.73 Å². The van der Waals surface area contributed by atoms with E-state index in [-0.39, 0.29) is 17.0 Å². The molecule has 1 fully saturated rings. The van der Waals surface area contributed by atoms with E-state index in [1.165, 1.54) is 4.31 Å². The highest BCUT2D eigenvalue weighted by atomic mass is 32.2. The minimum absolute atomic E-state index is 0.0617. The van der Waals surface area contributed by atoms with Crippen molar-refractivity contribution >= 4 is 10.0 Å². The standard InChI is InChI=1S/C12H20N2O3S/c1-8-6-11(13)4-5-14(8)18(15,16)12-7-9(2)17-10(12)3/h7-8,11H,4-6,13H2,1-3H3/t8-,11-/m0/s1. The zero-order chi connectivity index (χ0) is 13.5. The van der Waals surface area contributed by atoms with E-state index in [1.54, 1.807) is 19.9 Å². The van der Waals surface area contributed by atoms with Gasteiger partial charge in [-0.2, -0.15) is 4.31 Å². The van der Waals surface area contributed by atoms with Crippen LogP contribution >= 0.6 is 0 Å². The average molecular weight is 272 g/mol. The van der Waals surface area contributed by atoms with Crippen LogP contribution in [0.2, 0.25) is 0 Å². The SMILES string of the molecule is Cc1cc(S(=O)(=O)N2CC[C@H](N)C[C@@H]2C)c(C)o1. The molecular weight excluding hydrogens is 252 g/mol. The second kappa shape index (κ2) is 4.68. The maximum absolute atomic E-state index is 12.6. The second-order valence-corrected chi connectivity index (χ2v) is 6.89. The molecule has 0 saturated carbocycles. The molecule has 0 aromatic carbocycles. The number of nitrogens with two attached hydrogens (primary N) is 1. The van der Waals surface area contributed by atoms with Crippen molar-refractivity contribution in [2.45, 2.75) is 50.6 Å². The van der Waals surface area contributed by atoms with Gasteiger partial charge in [0.15, 0.2) is 0 Å².